The van der Waals surface area contributed by atoms with E-state index in [2.05, 4.69) is 4.57 Å². The number of aryl methyl sites for hydroxylation is 1. The average molecular weight is 358 g/mol. The molecule has 25 heavy (non-hydrogen) atoms. The van der Waals surface area contributed by atoms with Crippen LogP contribution in [0.4, 0.5) is 0 Å². The Morgan fingerprint density at radius 2 is 1.96 bits per heavy atom. The monoisotopic (exact) mass is 358 g/mol. The zero-order valence-corrected chi connectivity index (χ0v) is 15.3. The van der Waals surface area contributed by atoms with Crippen LogP contribution in [0.15, 0.2) is 36.4 Å². The first-order chi connectivity index (χ1) is 12.0. The molecule has 6 heteroatoms. The normalized spacial score (nSPS) is 17.5. The van der Waals surface area contributed by atoms with Crippen molar-refractivity contribution in [2.45, 2.75) is 26.3 Å². The Bertz CT molecular complexity index is 785. The molecule has 1 saturated heterocycles. The van der Waals surface area contributed by atoms with Gasteiger partial charge in [-0.15, -0.1) is 0 Å². The van der Waals surface area contributed by atoms with Crippen LogP contribution >= 0.6 is 11.8 Å². The molecule has 1 atom stereocenters. The smallest absolute Gasteiger partial charge is 0.305 e. The number of benzene rings is 1. The van der Waals surface area contributed by atoms with E-state index < -0.39 is 5.97 Å². The summed E-state index contributed by atoms with van der Waals surface area (Å²) in [5.41, 5.74) is 3.56. The van der Waals surface area contributed by atoms with Gasteiger partial charge in [0.2, 0.25) is 0 Å². The Kier molecular flexibility index (Phi) is 5.18. The SMILES string of the molecule is Cc1cc(C(=O)N2CCSCC2CC(=O)O)c(C)n1-c1ccccc1. The zero-order chi connectivity index (χ0) is 18.0. The zero-order valence-electron chi connectivity index (χ0n) is 14.4. The minimum atomic E-state index is -0.861. The van der Waals surface area contributed by atoms with Crippen molar-refractivity contribution in [3.63, 3.8) is 0 Å². The van der Waals surface area contributed by atoms with E-state index in [9.17, 15) is 9.59 Å². The number of carbonyl (C=O) groups excluding carboxylic acids is 1. The number of hydrogen-bond acceptors (Lipinski definition) is 3. The highest BCUT2D eigenvalue weighted by molar-refractivity contribution is 7.99. The molecule has 1 fully saturated rings. The molecule has 0 aliphatic carbocycles. The lowest BCUT2D eigenvalue weighted by Gasteiger charge is -2.34. The van der Waals surface area contributed by atoms with E-state index in [4.69, 9.17) is 5.11 Å². The molecular weight excluding hydrogens is 336 g/mol. The number of amides is 1. The van der Waals surface area contributed by atoms with E-state index in [1.807, 2.05) is 50.2 Å². The Balaban J connectivity index is 1.93. The Hall–Kier alpha value is -2.21. The predicted octanol–water partition coefficient (Wildman–Crippen LogP) is 3.13. The number of carboxylic acid groups (broad SMARTS) is 1. The van der Waals surface area contributed by atoms with Crippen LogP contribution in [0.5, 0.6) is 0 Å². The average Bonchev–Trinajstić information content (AvgIpc) is 2.89. The van der Waals surface area contributed by atoms with Gasteiger partial charge in [-0.1, -0.05) is 18.2 Å². The summed E-state index contributed by atoms with van der Waals surface area (Å²) in [7, 11) is 0. The van der Waals surface area contributed by atoms with Crippen LogP contribution in [0.2, 0.25) is 0 Å². The van der Waals surface area contributed by atoms with Crippen LogP contribution in [0, 0.1) is 13.8 Å². The Morgan fingerprint density at radius 3 is 2.64 bits per heavy atom. The molecular formula is C19H22N2O3S. The van der Waals surface area contributed by atoms with Gasteiger partial charge < -0.3 is 14.6 Å². The van der Waals surface area contributed by atoms with Crippen LogP contribution in [0.3, 0.4) is 0 Å². The van der Waals surface area contributed by atoms with Gasteiger partial charge in [-0.25, -0.2) is 0 Å². The molecule has 3 rings (SSSR count). The fraction of sp³-hybridized carbons (Fsp3) is 0.368. The van der Waals surface area contributed by atoms with Gasteiger partial charge in [0.05, 0.1) is 18.0 Å². The van der Waals surface area contributed by atoms with Gasteiger partial charge in [0.25, 0.3) is 5.91 Å². The van der Waals surface area contributed by atoms with Crippen molar-refractivity contribution in [3.05, 3.63) is 53.3 Å². The molecule has 1 N–H and O–H groups in total. The van der Waals surface area contributed by atoms with Crippen LogP contribution in [-0.2, 0) is 4.79 Å². The summed E-state index contributed by atoms with van der Waals surface area (Å²) in [5.74, 6) is 0.594. The number of nitrogens with zero attached hydrogens (tertiary/aromatic N) is 2. The summed E-state index contributed by atoms with van der Waals surface area (Å²) < 4.78 is 2.07. The molecule has 1 unspecified atom stereocenters. The molecule has 5 nitrogen and oxygen atoms in total. The fourth-order valence-corrected chi connectivity index (χ4v) is 4.46. The lowest BCUT2D eigenvalue weighted by Crippen LogP contribution is -2.47. The van der Waals surface area contributed by atoms with Gasteiger partial charge in [0.15, 0.2) is 0 Å². The van der Waals surface area contributed by atoms with Gasteiger partial charge in [0.1, 0.15) is 0 Å². The molecule has 132 valence electrons. The van der Waals surface area contributed by atoms with Gasteiger partial charge in [-0.2, -0.15) is 11.8 Å². The Morgan fingerprint density at radius 1 is 1.24 bits per heavy atom. The maximum absolute atomic E-state index is 13.1. The Labute approximate surface area is 151 Å². The molecule has 1 aliphatic heterocycles. The molecule has 1 aromatic carbocycles. The minimum absolute atomic E-state index is 0.00381. The van der Waals surface area contributed by atoms with Gasteiger partial charge >= 0.3 is 5.97 Å². The molecule has 0 radical (unpaired) electrons. The van der Waals surface area contributed by atoms with E-state index in [0.29, 0.717) is 17.9 Å². The number of para-hydroxylation sites is 1. The van der Waals surface area contributed by atoms with Gasteiger partial charge in [-0.05, 0) is 32.0 Å². The van der Waals surface area contributed by atoms with Crippen LogP contribution in [-0.4, -0.2) is 50.5 Å². The van der Waals surface area contributed by atoms with Crippen molar-refractivity contribution in [2.24, 2.45) is 0 Å². The van der Waals surface area contributed by atoms with Crippen LogP contribution in [0.1, 0.15) is 28.2 Å². The molecule has 2 aromatic rings. The lowest BCUT2D eigenvalue weighted by atomic mass is 10.1. The minimum Gasteiger partial charge on any atom is -0.481 e. The van der Waals surface area contributed by atoms with E-state index in [0.717, 1.165) is 22.8 Å². The number of hydrogen-bond donors (Lipinski definition) is 1. The molecule has 1 aromatic heterocycles. The molecule has 0 bridgehead atoms. The van der Waals surface area contributed by atoms with E-state index >= 15 is 0 Å². The molecule has 0 saturated carbocycles. The maximum Gasteiger partial charge on any atom is 0.305 e. The predicted molar refractivity (Wildman–Crippen MR) is 99.6 cm³/mol. The van der Waals surface area contributed by atoms with Crippen LogP contribution < -0.4 is 0 Å². The quantitative estimate of drug-likeness (QED) is 0.912. The van der Waals surface area contributed by atoms with Gasteiger partial charge in [-0.3, -0.25) is 9.59 Å². The van der Waals surface area contributed by atoms with Crippen molar-refractivity contribution >= 4 is 23.6 Å². The first kappa shape index (κ1) is 17.6. The summed E-state index contributed by atoms with van der Waals surface area (Å²) in [6, 6.07) is 11.6. The molecule has 0 spiro atoms. The molecule has 2 heterocycles. The molecule has 1 aliphatic rings. The van der Waals surface area contributed by atoms with Crippen molar-refractivity contribution < 1.29 is 14.7 Å². The lowest BCUT2D eigenvalue weighted by molar-refractivity contribution is -0.138. The van der Waals surface area contributed by atoms with Crippen molar-refractivity contribution in [1.29, 1.82) is 0 Å². The topological polar surface area (TPSA) is 62.5 Å². The summed E-state index contributed by atoms with van der Waals surface area (Å²) in [6.45, 7) is 4.52. The second-order valence-electron chi connectivity index (χ2n) is 6.28. The highest BCUT2D eigenvalue weighted by Gasteiger charge is 2.31. The van der Waals surface area contributed by atoms with Crippen LogP contribution in [0.25, 0.3) is 5.69 Å². The highest BCUT2D eigenvalue weighted by atomic mass is 32.2. The number of rotatable bonds is 4. The van der Waals surface area contributed by atoms with Crippen molar-refractivity contribution in [2.75, 3.05) is 18.1 Å². The number of carbonyl (C=O) groups is 2. The first-order valence-corrected chi connectivity index (χ1v) is 9.49. The van der Waals surface area contributed by atoms with E-state index in [-0.39, 0.29) is 18.4 Å². The van der Waals surface area contributed by atoms with E-state index in [1.165, 1.54) is 0 Å². The first-order valence-electron chi connectivity index (χ1n) is 8.34. The summed E-state index contributed by atoms with van der Waals surface area (Å²) in [4.78, 5) is 26.0. The summed E-state index contributed by atoms with van der Waals surface area (Å²) in [6.07, 6.45) is -0.00381. The number of thioether (sulfide) groups is 1. The van der Waals surface area contributed by atoms with Gasteiger partial charge in [0, 0.05) is 35.1 Å². The fourth-order valence-electron chi connectivity index (χ4n) is 3.40. The third-order valence-corrected chi connectivity index (χ3v) is 5.67. The number of carboxylic acids is 1. The molecule has 1 amide bonds. The van der Waals surface area contributed by atoms with E-state index in [1.54, 1.807) is 16.7 Å². The second kappa shape index (κ2) is 7.35. The summed E-state index contributed by atoms with van der Waals surface area (Å²) >= 11 is 1.71. The largest absolute Gasteiger partial charge is 0.481 e. The van der Waals surface area contributed by atoms with Crippen molar-refractivity contribution in [1.82, 2.24) is 9.47 Å². The standard InChI is InChI=1S/C19H22N2O3S/c1-13-10-17(14(2)21(13)15-6-4-3-5-7-15)19(24)20-8-9-25-12-16(20)11-18(22)23/h3-7,10,16H,8-9,11-12H2,1-2H3,(H,22,23). The van der Waals surface area contributed by atoms with Crippen molar-refractivity contribution in [3.8, 4) is 5.69 Å². The summed E-state index contributed by atoms with van der Waals surface area (Å²) in [5, 5.41) is 9.14. The maximum atomic E-state index is 13.1. The number of aliphatic carboxylic acids is 1. The third-order valence-electron chi connectivity index (χ3n) is 4.57. The number of aromatic nitrogens is 1. The third kappa shape index (κ3) is 3.58. The highest BCUT2D eigenvalue weighted by Crippen LogP contribution is 2.26. The second-order valence-corrected chi connectivity index (χ2v) is 7.43.